The van der Waals surface area contributed by atoms with E-state index in [2.05, 4.69) is 4.72 Å². The number of aromatic nitrogens is 1. The normalized spacial score (nSPS) is 11.9. The van der Waals surface area contributed by atoms with Crippen molar-refractivity contribution in [3.05, 3.63) is 28.7 Å². The minimum absolute atomic E-state index is 0.00841. The van der Waals surface area contributed by atoms with Crippen molar-refractivity contribution in [1.82, 2.24) is 9.29 Å². The number of unbranched alkanes of at least 4 members (excludes halogenated alkanes) is 2. The van der Waals surface area contributed by atoms with E-state index in [-0.39, 0.29) is 23.4 Å². The van der Waals surface area contributed by atoms with E-state index in [4.69, 9.17) is 4.42 Å². The topological polar surface area (TPSA) is 121 Å². The van der Waals surface area contributed by atoms with Crippen LogP contribution in [0, 0.1) is 0 Å². The van der Waals surface area contributed by atoms with E-state index in [0.717, 1.165) is 0 Å². The molecular weight excluding hydrogens is 324 g/mol. The summed E-state index contributed by atoms with van der Waals surface area (Å²) in [6.45, 7) is 0.201. The maximum absolute atomic E-state index is 12.2. The Morgan fingerprint density at radius 3 is 2.74 bits per heavy atom. The number of rotatable bonds is 8. The molecule has 0 fully saturated rings. The van der Waals surface area contributed by atoms with Crippen LogP contribution in [0.5, 0.6) is 0 Å². The van der Waals surface area contributed by atoms with Crippen molar-refractivity contribution in [2.75, 3.05) is 6.54 Å². The Morgan fingerprint density at radius 2 is 2.04 bits per heavy atom. The molecule has 0 spiro atoms. The fourth-order valence-electron chi connectivity index (χ4n) is 2.14. The number of aryl methyl sites for hydroxylation is 1. The molecule has 2 aromatic rings. The number of hydrogen-bond acceptors (Lipinski definition) is 6. The molecule has 1 aromatic heterocycles. The minimum Gasteiger partial charge on any atom is -0.550 e. The summed E-state index contributed by atoms with van der Waals surface area (Å²) in [7, 11) is -2.17. The van der Waals surface area contributed by atoms with Gasteiger partial charge >= 0.3 is 5.76 Å². The van der Waals surface area contributed by atoms with Gasteiger partial charge in [0, 0.05) is 25.6 Å². The highest BCUT2D eigenvalue weighted by Crippen LogP contribution is 2.17. The molecule has 0 radical (unpaired) electrons. The second-order valence-electron chi connectivity index (χ2n) is 5.14. The fraction of sp³-hybridized carbons (Fsp3) is 0.429. The standard InChI is InChI=1S/C14H18N2O6S/c1-16-11-7-6-10(9-12(11)22-14(16)19)23(20,21)15-8-4-2-3-5-13(17)18/h6-7,9,15H,2-5,8H2,1H3,(H,17,18)/p-1. The Bertz CT molecular complexity index is 865. The number of carboxylic acids is 1. The summed E-state index contributed by atoms with van der Waals surface area (Å²) in [5.41, 5.74) is 0.713. The van der Waals surface area contributed by atoms with Gasteiger partial charge in [-0.25, -0.2) is 17.9 Å². The van der Waals surface area contributed by atoms with Crippen molar-refractivity contribution in [1.29, 1.82) is 0 Å². The minimum atomic E-state index is -3.71. The van der Waals surface area contributed by atoms with Gasteiger partial charge in [0.25, 0.3) is 0 Å². The van der Waals surface area contributed by atoms with E-state index in [9.17, 15) is 23.1 Å². The molecule has 23 heavy (non-hydrogen) atoms. The number of benzene rings is 1. The van der Waals surface area contributed by atoms with E-state index < -0.39 is 21.7 Å². The van der Waals surface area contributed by atoms with Crippen molar-refractivity contribution in [3.63, 3.8) is 0 Å². The van der Waals surface area contributed by atoms with E-state index in [1.165, 1.54) is 29.8 Å². The second-order valence-corrected chi connectivity index (χ2v) is 6.90. The van der Waals surface area contributed by atoms with Gasteiger partial charge in [0.15, 0.2) is 5.58 Å². The number of carboxylic acid groups (broad SMARTS) is 1. The third kappa shape index (κ3) is 4.20. The van der Waals surface area contributed by atoms with Crippen molar-refractivity contribution < 1.29 is 22.7 Å². The number of aliphatic carboxylic acids is 1. The molecule has 0 aliphatic rings. The van der Waals surface area contributed by atoms with Crippen LogP contribution in [0.15, 0.2) is 32.3 Å². The lowest BCUT2D eigenvalue weighted by Crippen LogP contribution is -2.25. The highest BCUT2D eigenvalue weighted by atomic mass is 32.2. The number of carbonyl (C=O) groups is 1. The number of nitrogens with zero attached hydrogens (tertiary/aromatic N) is 1. The summed E-state index contributed by atoms with van der Waals surface area (Å²) in [5.74, 6) is -1.67. The third-order valence-corrected chi connectivity index (χ3v) is 4.88. The summed E-state index contributed by atoms with van der Waals surface area (Å²) >= 11 is 0. The van der Waals surface area contributed by atoms with Gasteiger partial charge in [-0.2, -0.15) is 0 Å². The third-order valence-electron chi connectivity index (χ3n) is 3.42. The smallest absolute Gasteiger partial charge is 0.419 e. The fourth-order valence-corrected chi connectivity index (χ4v) is 3.23. The Hall–Kier alpha value is -2.13. The van der Waals surface area contributed by atoms with E-state index in [0.29, 0.717) is 24.8 Å². The second kappa shape index (κ2) is 6.97. The van der Waals surface area contributed by atoms with Crippen LogP contribution in [0.1, 0.15) is 25.7 Å². The highest BCUT2D eigenvalue weighted by Gasteiger charge is 2.16. The van der Waals surface area contributed by atoms with Gasteiger partial charge in [-0.1, -0.05) is 6.42 Å². The van der Waals surface area contributed by atoms with Crippen LogP contribution >= 0.6 is 0 Å². The number of oxazole rings is 1. The van der Waals surface area contributed by atoms with E-state index in [1.54, 1.807) is 0 Å². The predicted molar refractivity (Wildman–Crippen MR) is 80.1 cm³/mol. The van der Waals surface area contributed by atoms with Crippen LogP contribution < -0.4 is 15.6 Å². The lowest BCUT2D eigenvalue weighted by atomic mass is 10.2. The maximum atomic E-state index is 12.2. The largest absolute Gasteiger partial charge is 0.550 e. The van der Waals surface area contributed by atoms with Crippen LogP contribution in [0.2, 0.25) is 0 Å². The van der Waals surface area contributed by atoms with Crippen LogP contribution in [-0.4, -0.2) is 25.5 Å². The SMILES string of the molecule is Cn1c(=O)oc2cc(S(=O)(=O)NCCCCCC(=O)[O-])ccc21. The summed E-state index contributed by atoms with van der Waals surface area (Å²) in [6.07, 6.45) is 1.53. The van der Waals surface area contributed by atoms with Crippen LogP contribution in [0.4, 0.5) is 0 Å². The first-order valence-corrected chi connectivity index (χ1v) is 8.58. The molecule has 0 atom stereocenters. The average Bonchev–Trinajstić information content (AvgIpc) is 2.77. The summed E-state index contributed by atoms with van der Waals surface area (Å²) in [4.78, 5) is 21.7. The van der Waals surface area contributed by atoms with Crippen molar-refractivity contribution in [2.45, 2.75) is 30.6 Å². The molecule has 0 aliphatic carbocycles. The number of nitrogens with one attached hydrogen (secondary N) is 1. The zero-order chi connectivity index (χ0) is 17.0. The molecule has 0 bridgehead atoms. The quantitative estimate of drug-likeness (QED) is 0.659. The molecule has 2 rings (SSSR count). The van der Waals surface area contributed by atoms with Gasteiger partial charge in [-0.05, 0) is 31.4 Å². The van der Waals surface area contributed by atoms with Gasteiger partial charge in [0.2, 0.25) is 10.0 Å². The Balaban J connectivity index is 1.99. The van der Waals surface area contributed by atoms with Crippen LogP contribution in [0.3, 0.4) is 0 Å². The number of hydrogen-bond donors (Lipinski definition) is 1. The molecule has 0 saturated carbocycles. The summed E-state index contributed by atoms with van der Waals surface area (Å²) in [6, 6.07) is 4.21. The average molecular weight is 341 g/mol. The van der Waals surface area contributed by atoms with Crippen molar-refractivity contribution >= 4 is 27.1 Å². The zero-order valence-corrected chi connectivity index (χ0v) is 13.4. The lowest BCUT2D eigenvalue weighted by molar-refractivity contribution is -0.305. The molecule has 0 amide bonds. The first-order chi connectivity index (χ1) is 10.8. The Kier molecular flexibility index (Phi) is 5.22. The van der Waals surface area contributed by atoms with E-state index >= 15 is 0 Å². The van der Waals surface area contributed by atoms with E-state index in [1.807, 2.05) is 0 Å². The Morgan fingerprint density at radius 1 is 1.30 bits per heavy atom. The van der Waals surface area contributed by atoms with Crippen molar-refractivity contribution in [2.24, 2.45) is 7.05 Å². The number of sulfonamides is 1. The molecule has 0 saturated heterocycles. The van der Waals surface area contributed by atoms with Gasteiger partial charge < -0.3 is 14.3 Å². The molecule has 1 aromatic carbocycles. The molecule has 1 N–H and O–H groups in total. The summed E-state index contributed by atoms with van der Waals surface area (Å²) < 4.78 is 33.0. The Labute approximate surface area is 132 Å². The molecule has 0 aliphatic heterocycles. The maximum Gasteiger partial charge on any atom is 0.419 e. The number of fused-ring (bicyclic) bond motifs is 1. The molecule has 9 heteroatoms. The first kappa shape index (κ1) is 17.2. The zero-order valence-electron chi connectivity index (χ0n) is 12.6. The predicted octanol–water partition coefficient (Wildman–Crippen LogP) is -0.280. The highest BCUT2D eigenvalue weighted by molar-refractivity contribution is 7.89. The first-order valence-electron chi connectivity index (χ1n) is 7.10. The molecule has 0 unspecified atom stereocenters. The van der Waals surface area contributed by atoms with Gasteiger partial charge in [-0.3, -0.25) is 4.57 Å². The number of carbonyl (C=O) groups excluding carboxylic acids is 1. The molecular formula is C14H17N2O6S-. The van der Waals surface area contributed by atoms with Crippen LogP contribution in [-0.2, 0) is 21.9 Å². The monoisotopic (exact) mass is 341 g/mol. The molecule has 8 nitrogen and oxygen atoms in total. The van der Waals surface area contributed by atoms with Crippen molar-refractivity contribution in [3.8, 4) is 0 Å². The van der Waals surface area contributed by atoms with Gasteiger partial charge in [-0.15, -0.1) is 0 Å². The summed E-state index contributed by atoms with van der Waals surface area (Å²) in [5, 5.41) is 10.3. The van der Waals surface area contributed by atoms with Crippen LogP contribution in [0.25, 0.3) is 11.1 Å². The molecule has 126 valence electrons. The van der Waals surface area contributed by atoms with Gasteiger partial charge in [0.05, 0.1) is 10.4 Å². The lowest BCUT2D eigenvalue weighted by Gasteiger charge is -2.07. The van der Waals surface area contributed by atoms with Gasteiger partial charge in [0.1, 0.15) is 0 Å². The molecule has 1 heterocycles.